The highest BCUT2D eigenvalue weighted by molar-refractivity contribution is 7.89. The highest BCUT2D eigenvalue weighted by Gasteiger charge is 2.38. The van der Waals surface area contributed by atoms with Gasteiger partial charge >= 0.3 is 5.97 Å². The van der Waals surface area contributed by atoms with Gasteiger partial charge in [0.1, 0.15) is 0 Å². The Bertz CT molecular complexity index is 993. The van der Waals surface area contributed by atoms with E-state index < -0.39 is 22.0 Å². The predicted molar refractivity (Wildman–Crippen MR) is 109 cm³/mol. The van der Waals surface area contributed by atoms with Crippen molar-refractivity contribution in [2.45, 2.75) is 24.8 Å². The molecule has 0 aliphatic carbocycles. The van der Waals surface area contributed by atoms with E-state index in [0.29, 0.717) is 5.57 Å². The molecule has 0 aromatic heterocycles. The fraction of sp³-hybridized carbons (Fsp3) is 0.227. The molecule has 2 aromatic carbocycles. The minimum Gasteiger partial charge on any atom is -0.463 e. The molecule has 0 bridgehead atoms. The summed E-state index contributed by atoms with van der Waals surface area (Å²) in [6, 6.07) is 15.5. The van der Waals surface area contributed by atoms with Gasteiger partial charge in [0.15, 0.2) is 0 Å². The number of hydrogen-bond acceptors (Lipinski definition) is 4. The average molecular weight is 397 g/mol. The van der Waals surface area contributed by atoms with E-state index in [1.165, 1.54) is 4.31 Å². The molecular formula is C22H23NO4S. The van der Waals surface area contributed by atoms with Crippen molar-refractivity contribution in [3.05, 3.63) is 83.4 Å². The summed E-state index contributed by atoms with van der Waals surface area (Å²) in [4.78, 5) is 12.6. The zero-order chi connectivity index (χ0) is 20.1. The van der Waals surface area contributed by atoms with Gasteiger partial charge in [0.2, 0.25) is 10.0 Å². The zero-order valence-corrected chi connectivity index (χ0v) is 16.7. The molecule has 0 saturated heterocycles. The maximum absolute atomic E-state index is 13.2. The summed E-state index contributed by atoms with van der Waals surface area (Å²) >= 11 is 0. The summed E-state index contributed by atoms with van der Waals surface area (Å²) in [7, 11) is -3.77. The van der Waals surface area contributed by atoms with Crippen LogP contribution in [0, 0.1) is 6.92 Å². The van der Waals surface area contributed by atoms with Crippen LogP contribution in [0.25, 0.3) is 6.08 Å². The molecule has 1 aliphatic heterocycles. The van der Waals surface area contributed by atoms with Gasteiger partial charge in [0, 0.05) is 6.54 Å². The number of esters is 1. The van der Waals surface area contributed by atoms with Gasteiger partial charge in [-0.1, -0.05) is 66.3 Å². The van der Waals surface area contributed by atoms with Crippen LogP contribution in [-0.4, -0.2) is 37.9 Å². The molecule has 1 heterocycles. The molecule has 0 N–H and O–H groups in total. The monoisotopic (exact) mass is 397 g/mol. The minimum absolute atomic E-state index is 0.119. The summed E-state index contributed by atoms with van der Waals surface area (Å²) in [6.07, 6.45) is 5.18. The molecule has 0 fully saturated rings. The van der Waals surface area contributed by atoms with Gasteiger partial charge in [0.05, 0.1) is 23.1 Å². The van der Waals surface area contributed by atoms with E-state index in [2.05, 4.69) is 0 Å². The predicted octanol–water partition coefficient (Wildman–Crippen LogP) is 3.57. The number of hydrogen-bond donors (Lipinski definition) is 0. The van der Waals surface area contributed by atoms with Crippen LogP contribution < -0.4 is 0 Å². The van der Waals surface area contributed by atoms with Crippen molar-refractivity contribution in [1.82, 2.24) is 4.31 Å². The third-order valence-corrected chi connectivity index (χ3v) is 6.39. The van der Waals surface area contributed by atoms with Gasteiger partial charge in [0.25, 0.3) is 0 Å². The van der Waals surface area contributed by atoms with Gasteiger partial charge in [-0.05, 0) is 31.5 Å². The van der Waals surface area contributed by atoms with E-state index in [-0.39, 0.29) is 18.0 Å². The number of carbonyl (C=O) groups is 1. The third-order valence-electron chi connectivity index (χ3n) is 4.53. The zero-order valence-electron chi connectivity index (χ0n) is 15.9. The van der Waals surface area contributed by atoms with E-state index in [1.807, 2.05) is 43.3 Å². The Morgan fingerprint density at radius 3 is 2.46 bits per heavy atom. The Labute approximate surface area is 166 Å². The van der Waals surface area contributed by atoms with Crippen LogP contribution in [0.15, 0.2) is 77.2 Å². The maximum Gasteiger partial charge on any atom is 0.335 e. The Balaban J connectivity index is 1.96. The second-order valence-corrected chi connectivity index (χ2v) is 8.37. The van der Waals surface area contributed by atoms with Gasteiger partial charge in [-0.25, -0.2) is 13.2 Å². The lowest BCUT2D eigenvalue weighted by atomic mass is 10.1. The van der Waals surface area contributed by atoms with Crippen LogP contribution in [0.5, 0.6) is 0 Å². The molecule has 0 radical (unpaired) electrons. The van der Waals surface area contributed by atoms with Crippen LogP contribution in [0.4, 0.5) is 0 Å². The number of ether oxygens (including phenoxy) is 1. The number of carbonyl (C=O) groups excluding carboxylic acids is 1. The quantitative estimate of drug-likeness (QED) is 0.699. The molecule has 1 aliphatic rings. The fourth-order valence-electron chi connectivity index (χ4n) is 3.06. The lowest BCUT2D eigenvalue weighted by molar-refractivity contribution is -0.138. The third kappa shape index (κ3) is 4.24. The Morgan fingerprint density at radius 2 is 1.82 bits per heavy atom. The molecule has 0 saturated carbocycles. The van der Waals surface area contributed by atoms with E-state index in [4.69, 9.17) is 4.74 Å². The summed E-state index contributed by atoms with van der Waals surface area (Å²) in [5.41, 5.74) is 2.24. The van der Waals surface area contributed by atoms with Gasteiger partial charge in [-0.15, -0.1) is 0 Å². The number of aryl methyl sites for hydroxylation is 1. The van der Waals surface area contributed by atoms with Crippen molar-refractivity contribution in [2.24, 2.45) is 0 Å². The highest BCUT2D eigenvalue weighted by Crippen LogP contribution is 2.29. The van der Waals surface area contributed by atoms with Crippen LogP contribution in [0.2, 0.25) is 0 Å². The van der Waals surface area contributed by atoms with E-state index in [1.54, 1.807) is 43.3 Å². The van der Waals surface area contributed by atoms with Crippen molar-refractivity contribution >= 4 is 22.1 Å². The van der Waals surface area contributed by atoms with Crippen molar-refractivity contribution in [3.8, 4) is 0 Å². The highest BCUT2D eigenvalue weighted by atomic mass is 32.2. The average Bonchev–Trinajstić information content (AvgIpc) is 3.12. The first kappa shape index (κ1) is 20.0. The number of nitrogens with zero attached hydrogens (tertiary/aromatic N) is 1. The number of benzene rings is 2. The first-order chi connectivity index (χ1) is 13.4. The number of sulfonamides is 1. The van der Waals surface area contributed by atoms with Crippen molar-refractivity contribution in [3.63, 3.8) is 0 Å². The smallest absolute Gasteiger partial charge is 0.335 e. The summed E-state index contributed by atoms with van der Waals surface area (Å²) < 4.78 is 32.9. The van der Waals surface area contributed by atoms with E-state index in [9.17, 15) is 13.2 Å². The van der Waals surface area contributed by atoms with Crippen LogP contribution >= 0.6 is 0 Å². The van der Waals surface area contributed by atoms with Gasteiger partial charge < -0.3 is 4.74 Å². The summed E-state index contributed by atoms with van der Waals surface area (Å²) in [5.74, 6) is -0.494. The first-order valence-electron chi connectivity index (χ1n) is 9.12. The first-order valence-corrected chi connectivity index (χ1v) is 10.6. The molecule has 146 valence electrons. The fourth-order valence-corrected chi connectivity index (χ4v) is 4.56. The molecule has 1 atom stereocenters. The molecule has 0 amide bonds. The Morgan fingerprint density at radius 1 is 1.14 bits per heavy atom. The Hall–Kier alpha value is -2.70. The summed E-state index contributed by atoms with van der Waals surface area (Å²) in [6.45, 7) is 3.98. The standard InChI is InChI=1S/C22H23NO4S/c1-3-27-22(24)20-15-16-23(21(20)14-11-18-7-5-4-6-8-18)28(25,26)19-12-9-17(2)10-13-19/h4-15,21H,3,16H2,1-2H3/b14-11+. The van der Waals surface area contributed by atoms with Crippen LogP contribution in [-0.2, 0) is 19.6 Å². The van der Waals surface area contributed by atoms with Crippen molar-refractivity contribution in [1.29, 1.82) is 0 Å². The van der Waals surface area contributed by atoms with Crippen LogP contribution in [0.3, 0.4) is 0 Å². The van der Waals surface area contributed by atoms with Crippen LogP contribution in [0.1, 0.15) is 18.1 Å². The molecular weight excluding hydrogens is 374 g/mol. The van der Waals surface area contributed by atoms with Gasteiger partial charge in [-0.2, -0.15) is 4.31 Å². The van der Waals surface area contributed by atoms with E-state index >= 15 is 0 Å². The van der Waals surface area contributed by atoms with Crippen molar-refractivity contribution in [2.75, 3.05) is 13.2 Å². The second kappa shape index (κ2) is 8.54. The second-order valence-electron chi connectivity index (χ2n) is 6.48. The lowest BCUT2D eigenvalue weighted by Gasteiger charge is -2.24. The number of rotatable bonds is 6. The summed E-state index contributed by atoms with van der Waals surface area (Å²) in [5, 5.41) is 0. The van der Waals surface area contributed by atoms with E-state index in [0.717, 1.165) is 11.1 Å². The molecule has 5 nitrogen and oxygen atoms in total. The topological polar surface area (TPSA) is 63.7 Å². The largest absolute Gasteiger partial charge is 0.463 e. The molecule has 3 rings (SSSR count). The van der Waals surface area contributed by atoms with Crippen molar-refractivity contribution < 1.29 is 17.9 Å². The minimum atomic E-state index is -3.77. The lowest BCUT2D eigenvalue weighted by Crippen LogP contribution is -2.37. The Kier molecular flexibility index (Phi) is 6.11. The molecule has 0 spiro atoms. The molecule has 1 unspecified atom stereocenters. The SMILES string of the molecule is CCOC(=O)C1=CCN(S(=O)(=O)c2ccc(C)cc2)C1/C=C/c1ccccc1. The normalized spacial score (nSPS) is 17.6. The van der Waals surface area contributed by atoms with Gasteiger partial charge in [-0.3, -0.25) is 0 Å². The molecule has 28 heavy (non-hydrogen) atoms. The molecule has 2 aromatic rings. The molecule has 6 heteroatoms. The maximum atomic E-state index is 13.2.